The van der Waals surface area contributed by atoms with Crippen LogP contribution in [0.2, 0.25) is 0 Å². The van der Waals surface area contributed by atoms with Gasteiger partial charge in [0.1, 0.15) is 5.82 Å². The summed E-state index contributed by atoms with van der Waals surface area (Å²) < 4.78 is 18.2. The van der Waals surface area contributed by atoms with Gasteiger partial charge >= 0.3 is 5.97 Å². The van der Waals surface area contributed by atoms with E-state index in [0.29, 0.717) is 5.56 Å². The van der Waals surface area contributed by atoms with Crippen molar-refractivity contribution in [3.8, 4) is 0 Å². The van der Waals surface area contributed by atoms with Gasteiger partial charge in [-0.15, -0.1) is 0 Å². The number of carbonyl (C=O) groups excluding carboxylic acids is 1. The van der Waals surface area contributed by atoms with E-state index in [1.807, 2.05) is 13.0 Å². The van der Waals surface area contributed by atoms with Crippen LogP contribution in [-0.2, 0) is 9.53 Å². The summed E-state index contributed by atoms with van der Waals surface area (Å²) in [5.41, 5.74) is 1.38. The minimum Gasteiger partial charge on any atom is -0.469 e. The minimum atomic E-state index is -0.301. The highest BCUT2D eigenvalue weighted by Gasteiger charge is 2.16. The number of benzene rings is 1. The number of hydrogen-bond donors (Lipinski definition) is 1. The Balaban J connectivity index is 2.86. The first-order valence-corrected chi connectivity index (χ1v) is 6.14. The fraction of sp³-hybridized carbons (Fsp3) is 0.500. The number of carbonyl (C=O) groups is 1. The predicted molar refractivity (Wildman–Crippen MR) is 68.8 cm³/mol. The number of ether oxygens (including phenoxy) is 1. The SMILES string of the molecule is CCCNC(CC(=O)OC)c1ccc(C)c(F)c1. The molecule has 0 spiro atoms. The van der Waals surface area contributed by atoms with Crippen LogP contribution in [0.4, 0.5) is 4.39 Å². The molecule has 0 aliphatic carbocycles. The minimum absolute atomic E-state index is 0.201. The van der Waals surface area contributed by atoms with Gasteiger partial charge in [0.15, 0.2) is 0 Å². The summed E-state index contributed by atoms with van der Waals surface area (Å²) in [5, 5.41) is 3.23. The Morgan fingerprint density at radius 1 is 1.50 bits per heavy atom. The van der Waals surface area contributed by atoms with Crippen molar-refractivity contribution in [2.45, 2.75) is 32.7 Å². The van der Waals surface area contributed by atoms with Crippen molar-refractivity contribution >= 4 is 5.97 Å². The highest BCUT2D eigenvalue weighted by Crippen LogP contribution is 2.20. The molecule has 1 atom stereocenters. The molecule has 18 heavy (non-hydrogen) atoms. The molecular weight excluding hydrogens is 233 g/mol. The molecule has 0 aliphatic heterocycles. The molecule has 0 fully saturated rings. The van der Waals surface area contributed by atoms with Crippen molar-refractivity contribution in [2.75, 3.05) is 13.7 Å². The van der Waals surface area contributed by atoms with Gasteiger partial charge < -0.3 is 10.1 Å². The van der Waals surface area contributed by atoms with Crippen LogP contribution < -0.4 is 5.32 Å². The van der Waals surface area contributed by atoms with Crippen LogP contribution in [0, 0.1) is 12.7 Å². The summed E-state index contributed by atoms with van der Waals surface area (Å²) in [5.74, 6) is -0.551. The van der Waals surface area contributed by atoms with Crippen molar-refractivity contribution < 1.29 is 13.9 Å². The Morgan fingerprint density at radius 3 is 2.78 bits per heavy atom. The van der Waals surface area contributed by atoms with E-state index < -0.39 is 0 Å². The second kappa shape index (κ2) is 7.11. The molecule has 4 heteroatoms. The Hall–Kier alpha value is -1.42. The highest BCUT2D eigenvalue weighted by atomic mass is 19.1. The third kappa shape index (κ3) is 4.11. The highest BCUT2D eigenvalue weighted by molar-refractivity contribution is 5.70. The first-order valence-electron chi connectivity index (χ1n) is 6.14. The second-order valence-corrected chi connectivity index (χ2v) is 4.30. The molecule has 1 aromatic rings. The van der Waals surface area contributed by atoms with Crippen molar-refractivity contribution in [1.82, 2.24) is 5.32 Å². The largest absolute Gasteiger partial charge is 0.469 e. The van der Waals surface area contributed by atoms with Gasteiger partial charge in [0.05, 0.1) is 13.5 Å². The summed E-state index contributed by atoms with van der Waals surface area (Å²) in [6.07, 6.45) is 1.16. The Morgan fingerprint density at radius 2 is 2.22 bits per heavy atom. The van der Waals surface area contributed by atoms with Crippen LogP contribution in [0.1, 0.15) is 36.9 Å². The van der Waals surface area contributed by atoms with E-state index in [4.69, 9.17) is 0 Å². The third-order valence-electron chi connectivity index (χ3n) is 2.84. The lowest BCUT2D eigenvalue weighted by Crippen LogP contribution is -2.25. The molecule has 0 saturated heterocycles. The quantitative estimate of drug-likeness (QED) is 0.792. The van der Waals surface area contributed by atoms with Crippen LogP contribution in [0.25, 0.3) is 0 Å². The normalized spacial score (nSPS) is 12.2. The zero-order chi connectivity index (χ0) is 13.5. The van der Waals surface area contributed by atoms with Crippen molar-refractivity contribution in [3.63, 3.8) is 0 Å². The lowest BCUT2D eigenvalue weighted by molar-refractivity contribution is -0.141. The summed E-state index contributed by atoms with van der Waals surface area (Å²) >= 11 is 0. The van der Waals surface area contributed by atoms with Crippen LogP contribution >= 0.6 is 0 Å². The van der Waals surface area contributed by atoms with Crippen molar-refractivity contribution in [2.24, 2.45) is 0 Å². The van der Waals surface area contributed by atoms with Gasteiger partial charge in [-0.05, 0) is 37.1 Å². The average Bonchev–Trinajstić information content (AvgIpc) is 2.37. The van der Waals surface area contributed by atoms with E-state index in [2.05, 4.69) is 10.1 Å². The Bertz CT molecular complexity index is 407. The standard InChI is InChI=1S/C14H20FNO2/c1-4-7-16-13(9-14(17)18-3)11-6-5-10(2)12(15)8-11/h5-6,8,13,16H,4,7,9H2,1-3H3. The van der Waals surface area contributed by atoms with Gasteiger partial charge in [-0.25, -0.2) is 4.39 Å². The van der Waals surface area contributed by atoms with Crippen LogP contribution in [-0.4, -0.2) is 19.6 Å². The lowest BCUT2D eigenvalue weighted by Gasteiger charge is -2.18. The molecule has 0 saturated carbocycles. The first kappa shape index (κ1) is 14.6. The molecule has 0 aromatic heterocycles. The van der Waals surface area contributed by atoms with Gasteiger partial charge in [0, 0.05) is 6.04 Å². The maximum absolute atomic E-state index is 13.5. The number of halogens is 1. The van der Waals surface area contributed by atoms with Gasteiger partial charge in [-0.2, -0.15) is 0 Å². The fourth-order valence-corrected chi connectivity index (χ4v) is 1.70. The number of nitrogens with one attached hydrogen (secondary N) is 1. The molecule has 0 radical (unpaired) electrons. The Labute approximate surface area is 107 Å². The van der Waals surface area contributed by atoms with Crippen molar-refractivity contribution in [3.05, 3.63) is 35.1 Å². The number of esters is 1. The first-order chi connectivity index (χ1) is 8.58. The fourth-order valence-electron chi connectivity index (χ4n) is 1.70. The van der Waals surface area contributed by atoms with Crippen LogP contribution in [0.15, 0.2) is 18.2 Å². The van der Waals surface area contributed by atoms with Gasteiger partial charge in [-0.1, -0.05) is 19.1 Å². The van der Waals surface area contributed by atoms with E-state index in [1.54, 1.807) is 13.0 Å². The van der Waals surface area contributed by atoms with E-state index in [0.717, 1.165) is 18.5 Å². The molecule has 1 rings (SSSR count). The maximum atomic E-state index is 13.5. The van der Waals surface area contributed by atoms with Gasteiger partial charge in [0.25, 0.3) is 0 Å². The summed E-state index contributed by atoms with van der Waals surface area (Å²) in [7, 11) is 1.36. The monoisotopic (exact) mass is 253 g/mol. The molecular formula is C14H20FNO2. The van der Waals surface area contributed by atoms with Crippen molar-refractivity contribution in [1.29, 1.82) is 0 Å². The number of methoxy groups -OCH3 is 1. The zero-order valence-corrected chi connectivity index (χ0v) is 11.1. The van der Waals surface area contributed by atoms with E-state index in [-0.39, 0.29) is 24.2 Å². The molecule has 1 N–H and O–H groups in total. The maximum Gasteiger partial charge on any atom is 0.307 e. The zero-order valence-electron chi connectivity index (χ0n) is 11.1. The molecule has 1 aromatic carbocycles. The van der Waals surface area contributed by atoms with Crippen LogP contribution in [0.3, 0.4) is 0 Å². The van der Waals surface area contributed by atoms with Gasteiger partial charge in [-0.3, -0.25) is 4.79 Å². The predicted octanol–water partition coefficient (Wildman–Crippen LogP) is 2.74. The molecule has 0 heterocycles. The molecule has 3 nitrogen and oxygen atoms in total. The lowest BCUT2D eigenvalue weighted by atomic mass is 10.0. The number of aryl methyl sites for hydroxylation is 1. The van der Waals surface area contributed by atoms with E-state index in [1.165, 1.54) is 13.2 Å². The van der Waals surface area contributed by atoms with E-state index >= 15 is 0 Å². The summed E-state index contributed by atoms with van der Waals surface area (Å²) in [6.45, 7) is 4.53. The topological polar surface area (TPSA) is 38.3 Å². The van der Waals surface area contributed by atoms with E-state index in [9.17, 15) is 9.18 Å². The molecule has 100 valence electrons. The number of hydrogen-bond acceptors (Lipinski definition) is 3. The second-order valence-electron chi connectivity index (χ2n) is 4.30. The van der Waals surface area contributed by atoms with Gasteiger partial charge in [0.2, 0.25) is 0 Å². The molecule has 0 amide bonds. The van der Waals surface area contributed by atoms with Crippen LogP contribution in [0.5, 0.6) is 0 Å². The third-order valence-corrected chi connectivity index (χ3v) is 2.84. The smallest absolute Gasteiger partial charge is 0.307 e. The molecule has 0 bridgehead atoms. The number of rotatable bonds is 6. The average molecular weight is 253 g/mol. The summed E-state index contributed by atoms with van der Waals surface area (Å²) in [4.78, 5) is 11.4. The molecule has 1 unspecified atom stereocenters. The Kier molecular flexibility index (Phi) is 5.78. The summed E-state index contributed by atoms with van der Waals surface area (Å²) in [6, 6.07) is 4.84. The molecule has 0 aliphatic rings.